The van der Waals surface area contributed by atoms with Crippen molar-refractivity contribution in [2.75, 3.05) is 0 Å². The van der Waals surface area contributed by atoms with Crippen LogP contribution in [0, 0.1) is 0 Å². The average molecular weight is 412 g/mol. The van der Waals surface area contributed by atoms with Gasteiger partial charge in [-0.1, -0.05) is 102 Å². The number of hydrogen-bond donors (Lipinski definition) is 0. The second-order valence-corrected chi connectivity index (χ2v) is 7.67. The van der Waals surface area contributed by atoms with Gasteiger partial charge in [0.25, 0.3) is 5.22 Å². The average Bonchev–Trinajstić information content (AvgIpc) is 3.15. The molecule has 0 saturated heterocycles. The predicted octanol–water partition coefficient (Wildman–Crippen LogP) is 7.61. The smallest absolute Gasteiger partial charge is 0.257 e. The van der Waals surface area contributed by atoms with E-state index < -0.39 is 0 Å². The molecule has 3 aromatic carbocycles. The second kappa shape index (κ2) is 8.22. The molecule has 0 spiro atoms. The first kappa shape index (κ1) is 18.2. The highest BCUT2D eigenvalue weighted by Gasteiger charge is 2.17. The van der Waals surface area contributed by atoms with Crippen molar-refractivity contribution >= 4 is 35.0 Å². The van der Waals surface area contributed by atoms with Gasteiger partial charge in [0.1, 0.15) is 5.69 Å². The van der Waals surface area contributed by atoms with Crippen molar-refractivity contribution in [3.05, 3.63) is 94.5 Å². The highest BCUT2D eigenvalue weighted by molar-refractivity contribution is 7.98. The Bertz CT molecular complexity index is 992. The number of halogens is 2. The summed E-state index contributed by atoms with van der Waals surface area (Å²) in [5.74, 6) is 1.47. The Balaban J connectivity index is 1.66. The number of aromatic nitrogens is 1. The summed E-state index contributed by atoms with van der Waals surface area (Å²) in [4.78, 5) is 4.75. The van der Waals surface area contributed by atoms with Gasteiger partial charge in [0, 0.05) is 16.9 Å². The maximum atomic E-state index is 6.12. The normalized spacial score (nSPS) is 10.9. The van der Waals surface area contributed by atoms with E-state index in [2.05, 4.69) is 0 Å². The summed E-state index contributed by atoms with van der Waals surface area (Å²) in [7, 11) is 0. The number of nitrogens with zero attached hydrogens (tertiary/aromatic N) is 1. The monoisotopic (exact) mass is 411 g/mol. The summed E-state index contributed by atoms with van der Waals surface area (Å²) in [6.45, 7) is 0. The lowest BCUT2D eigenvalue weighted by Gasteiger charge is -2.01. The minimum Gasteiger partial charge on any atom is -0.431 e. The third kappa shape index (κ3) is 4.22. The van der Waals surface area contributed by atoms with Crippen LogP contribution >= 0.6 is 35.0 Å². The van der Waals surface area contributed by atoms with Gasteiger partial charge in [0.15, 0.2) is 5.76 Å². The largest absolute Gasteiger partial charge is 0.431 e. The van der Waals surface area contributed by atoms with Gasteiger partial charge in [0.2, 0.25) is 0 Å². The zero-order valence-electron chi connectivity index (χ0n) is 14.2. The lowest BCUT2D eigenvalue weighted by molar-refractivity contribution is 0.466. The molecule has 0 N–H and O–H groups in total. The van der Waals surface area contributed by atoms with Gasteiger partial charge in [0.05, 0.1) is 10.0 Å². The van der Waals surface area contributed by atoms with Crippen LogP contribution in [0.5, 0.6) is 0 Å². The van der Waals surface area contributed by atoms with E-state index in [1.807, 2.05) is 72.8 Å². The van der Waals surface area contributed by atoms with Crippen molar-refractivity contribution in [2.24, 2.45) is 0 Å². The van der Waals surface area contributed by atoms with Crippen LogP contribution in [0.1, 0.15) is 5.56 Å². The van der Waals surface area contributed by atoms with E-state index in [9.17, 15) is 0 Å². The molecule has 27 heavy (non-hydrogen) atoms. The molecular weight excluding hydrogens is 397 g/mol. The highest BCUT2D eigenvalue weighted by atomic mass is 35.5. The van der Waals surface area contributed by atoms with E-state index in [0.717, 1.165) is 28.1 Å². The zero-order valence-corrected chi connectivity index (χ0v) is 16.6. The maximum Gasteiger partial charge on any atom is 0.257 e. The van der Waals surface area contributed by atoms with Crippen molar-refractivity contribution in [3.63, 3.8) is 0 Å². The molecule has 0 atom stereocenters. The van der Waals surface area contributed by atoms with Crippen LogP contribution in [0.4, 0.5) is 0 Å². The lowest BCUT2D eigenvalue weighted by atomic mass is 10.1. The highest BCUT2D eigenvalue weighted by Crippen LogP contribution is 2.36. The van der Waals surface area contributed by atoms with Crippen LogP contribution in [0.25, 0.3) is 22.6 Å². The standard InChI is InChI=1S/C22H15Cl2NOS/c23-18-12-11-15(13-19(18)24)14-27-22-25-20(16-7-3-1-4-8-16)21(26-22)17-9-5-2-6-10-17/h1-13H,14H2. The fraction of sp³-hybridized carbons (Fsp3) is 0.0455. The molecule has 2 nitrogen and oxygen atoms in total. The molecule has 0 aliphatic heterocycles. The van der Waals surface area contributed by atoms with E-state index >= 15 is 0 Å². The first-order valence-electron chi connectivity index (χ1n) is 8.39. The van der Waals surface area contributed by atoms with Crippen molar-refractivity contribution in [3.8, 4) is 22.6 Å². The minimum absolute atomic E-state index is 0.553. The summed E-state index contributed by atoms with van der Waals surface area (Å²) >= 11 is 13.6. The van der Waals surface area contributed by atoms with Gasteiger partial charge >= 0.3 is 0 Å². The Labute approximate surface area is 172 Å². The Morgan fingerprint density at radius 2 is 1.44 bits per heavy atom. The van der Waals surface area contributed by atoms with Crippen LogP contribution < -0.4 is 0 Å². The van der Waals surface area contributed by atoms with Crippen molar-refractivity contribution in [2.45, 2.75) is 11.0 Å². The molecule has 1 aromatic heterocycles. The van der Waals surface area contributed by atoms with Crippen molar-refractivity contribution < 1.29 is 4.42 Å². The quantitative estimate of drug-likeness (QED) is 0.316. The molecule has 5 heteroatoms. The number of hydrogen-bond acceptors (Lipinski definition) is 3. The van der Waals surface area contributed by atoms with Crippen LogP contribution in [0.2, 0.25) is 10.0 Å². The fourth-order valence-electron chi connectivity index (χ4n) is 2.71. The maximum absolute atomic E-state index is 6.12. The number of rotatable bonds is 5. The first-order chi connectivity index (χ1) is 13.2. The minimum atomic E-state index is 0.553. The van der Waals surface area contributed by atoms with Crippen LogP contribution in [0.3, 0.4) is 0 Å². The zero-order chi connectivity index (χ0) is 18.6. The van der Waals surface area contributed by atoms with Crippen LogP contribution in [-0.2, 0) is 5.75 Å². The van der Waals surface area contributed by atoms with Crippen LogP contribution in [0.15, 0.2) is 88.5 Å². The van der Waals surface area contributed by atoms with E-state index in [4.69, 9.17) is 32.6 Å². The molecule has 0 unspecified atom stereocenters. The number of oxazole rings is 1. The topological polar surface area (TPSA) is 26.0 Å². The van der Waals surface area contributed by atoms with Crippen molar-refractivity contribution in [1.82, 2.24) is 4.98 Å². The Morgan fingerprint density at radius 3 is 2.11 bits per heavy atom. The van der Waals surface area contributed by atoms with Gasteiger partial charge in [-0.25, -0.2) is 4.98 Å². The summed E-state index contributed by atoms with van der Waals surface area (Å²) < 4.78 is 6.12. The van der Waals surface area contributed by atoms with E-state index in [-0.39, 0.29) is 0 Å². The molecule has 0 radical (unpaired) electrons. The Kier molecular flexibility index (Phi) is 5.53. The Hall–Kier alpha value is -2.20. The first-order valence-corrected chi connectivity index (χ1v) is 10.1. The van der Waals surface area contributed by atoms with Gasteiger partial charge in [-0.2, -0.15) is 0 Å². The molecule has 0 bridgehead atoms. The van der Waals surface area contributed by atoms with E-state index in [1.54, 1.807) is 6.07 Å². The molecule has 4 rings (SSSR count). The molecule has 0 amide bonds. The fourth-order valence-corrected chi connectivity index (χ4v) is 3.80. The molecule has 0 aliphatic rings. The third-order valence-corrected chi connectivity index (χ3v) is 5.68. The Morgan fingerprint density at radius 1 is 0.778 bits per heavy atom. The molecular formula is C22H15Cl2NOS. The molecule has 134 valence electrons. The predicted molar refractivity (Wildman–Crippen MR) is 113 cm³/mol. The van der Waals surface area contributed by atoms with Crippen molar-refractivity contribution in [1.29, 1.82) is 0 Å². The summed E-state index contributed by atoms with van der Waals surface area (Å²) in [5, 5.41) is 1.73. The summed E-state index contributed by atoms with van der Waals surface area (Å²) in [6, 6.07) is 25.7. The SMILES string of the molecule is Clc1ccc(CSc2nc(-c3ccccc3)c(-c3ccccc3)o2)cc1Cl. The van der Waals surface area contributed by atoms with Gasteiger partial charge < -0.3 is 4.42 Å². The van der Waals surface area contributed by atoms with Gasteiger partial charge in [-0.3, -0.25) is 0 Å². The lowest BCUT2D eigenvalue weighted by Crippen LogP contribution is -1.83. The molecule has 0 aliphatic carbocycles. The molecule has 0 saturated carbocycles. The van der Waals surface area contributed by atoms with Gasteiger partial charge in [-0.05, 0) is 17.7 Å². The molecule has 4 aromatic rings. The van der Waals surface area contributed by atoms with Crippen LogP contribution in [-0.4, -0.2) is 4.98 Å². The van der Waals surface area contributed by atoms with E-state index in [1.165, 1.54) is 11.8 Å². The van der Waals surface area contributed by atoms with E-state index in [0.29, 0.717) is 21.0 Å². The number of thioether (sulfide) groups is 1. The third-order valence-electron chi connectivity index (χ3n) is 4.04. The van der Waals surface area contributed by atoms with Gasteiger partial charge in [-0.15, -0.1) is 0 Å². The molecule has 1 heterocycles. The summed E-state index contributed by atoms with van der Waals surface area (Å²) in [5.41, 5.74) is 3.94. The number of benzene rings is 3. The molecule has 0 fully saturated rings. The second-order valence-electron chi connectivity index (χ2n) is 5.93. The summed E-state index contributed by atoms with van der Waals surface area (Å²) in [6.07, 6.45) is 0.